The molecule has 138 valence electrons. The van der Waals surface area contributed by atoms with Gasteiger partial charge >= 0.3 is 0 Å². The second kappa shape index (κ2) is 8.60. The Morgan fingerprint density at radius 1 is 1.24 bits per heavy atom. The Bertz CT molecular complexity index is 599. The molecule has 0 aromatic heterocycles. The van der Waals surface area contributed by atoms with Gasteiger partial charge in [-0.1, -0.05) is 30.3 Å². The van der Waals surface area contributed by atoms with Gasteiger partial charge in [-0.25, -0.2) is 0 Å². The highest BCUT2D eigenvalue weighted by atomic mass is 28.4. The number of benzene rings is 1. The monoisotopic (exact) mass is 365 g/mol. The summed E-state index contributed by atoms with van der Waals surface area (Å²) >= 11 is 0. The lowest BCUT2D eigenvalue weighted by Gasteiger charge is -2.33. The fourth-order valence-corrected chi connectivity index (χ4v) is 3.96. The minimum Gasteiger partial charge on any atom is -0.547 e. The molecule has 0 heterocycles. The van der Waals surface area contributed by atoms with E-state index in [0.717, 1.165) is 11.3 Å². The number of allylic oxidation sites excluding steroid dienone is 1. The molecule has 0 fully saturated rings. The third kappa shape index (κ3) is 5.95. The Hall–Kier alpha value is -1.70. The van der Waals surface area contributed by atoms with Crippen LogP contribution in [0.5, 0.6) is 0 Å². The minimum atomic E-state index is -1.78. The third-order valence-electron chi connectivity index (χ3n) is 4.03. The normalized spacial score (nSPS) is 23.8. The van der Waals surface area contributed by atoms with Crippen LogP contribution in [0.3, 0.4) is 0 Å². The molecule has 1 aliphatic rings. The van der Waals surface area contributed by atoms with E-state index in [9.17, 15) is 10.1 Å². The lowest BCUT2D eigenvalue weighted by molar-refractivity contribution is -0.544. The zero-order chi connectivity index (χ0) is 18.4. The van der Waals surface area contributed by atoms with Crippen LogP contribution in [0.4, 0.5) is 0 Å². The van der Waals surface area contributed by atoms with Gasteiger partial charge in [0.15, 0.2) is 0 Å². The number of nitro groups is 1. The quantitative estimate of drug-likeness (QED) is 0.400. The Balaban J connectivity index is 2.07. The molecule has 0 spiro atoms. The van der Waals surface area contributed by atoms with Crippen molar-refractivity contribution >= 4 is 8.32 Å². The lowest BCUT2D eigenvalue weighted by Crippen LogP contribution is -2.46. The molecule has 1 unspecified atom stereocenters. The molecular formula is C18H27NO5Si. The SMILES string of the molecule is COC1C=C(O[Si](C)(C)C)C[C@@H](COCc2ccccc2)[C@@H]1[N+](=O)[O-]. The first-order valence-corrected chi connectivity index (χ1v) is 11.9. The molecule has 0 saturated heterocycles. The van der Waals surface area contributed by atoms with E-state index in [1.54, 1.807) is 6.08 Å². The second-order valence-electron chi connectivity index (χ2n) is 7.29. The zero-order valence-electron chi connectivity index (χ0n) is 15.3. The van der Waals surface area contributed by atoms with Crippen LogP contribution in [0, 0.1) is 16.0 Å². The van der Waals surface area contributed by atoms with Crippen molar-refractivity contribution in [3.8, 4) is 0 Å². The van der Waals surface area contributed by atoms with E-state index in [4.69, 9.17) is 13.9 Å². The minimum absolute atomic E-state index is 0.257. The summed E-state index contributed by atoms with van der Waals surface area (Å²) in [6.07, 6.45) is 1.67. The molecule has 1 aromatic rings. The fraction of sp³-hybridized carbons (Fsp3) is 0.556. The van der Waals surface area contributed by atoms with Crippen LogP contribution in [-0.4, -0.2) is 39.1 Å². The van der Waals surface area contributed by atoms with Crippen LogP contribution in [0.2, 0.25) is 19.6 Å². The van der Waals surface area contributed by atoms with Gasteiger partial charge in [-0.05, 0) is 31.3 Å². The van der Waals surface area contributed by atoms with E-state index in [1.807, 2.05) is 30.3 Å². The summed E-state index contributed by atoms with van der Waals surface area (Å²) in [5.41, 5.74) is 1.05. The fourth-order valence-electron chi connectivity index (χ4n) is 3.03. The molecule has 0 aliphatic heterocycles. The predicted octanol–water partition coefficient (Wildman–Crippen LogP) is 3.62. The number of hydrogen-bond donors (Lipinski definition) is 0. The standard InChI is InChI=1S/C18H27NO5Si/c1-22-17-11-16(24-25(2,3)4)10-15(18(17)19(20)21)13-23-12-14-8-6-5-7-9-14/h5-9,11,15,17-18H,10,12-13H2,1-4H3/t15-,17?,18-/m0/s1. The summed E-state index contributed by atoms with van der Waals surface area (Å²) in [4.78, 5) is 11.3. The molecular weight excluding hydrogens is 338 g/mol. The number of nitrogens with zero attached hydrogens (tertiary/aromatic N) is 1. The van der Waals surface area contributed by atoms with Crippen molar-refractivity contribution < 1.29 is 18.8 Å². The van der Waals surface area contributed by atoms with Gasteiger partial charge in [-0.2, -0.15) is 0 Å². The molecule has 0 bridgehead atoms. The third-order valence-corrected chi connectivity index (χ3v) is 4.90. The Kier molecular flexibility index (Phi) is 6.75. The van der Waals surface area contributed by atoms with Crippen molar-refractivity contribution in [1.29, 1.82) is 0 Å². The topological polar surface area (TPSA) is 70.8 Å². The number of methoxy groups -OCH3 is 1. The maximum atomic E-state index is 11.6. The molecule has 3 atom stereocenters. The molecule has 2 rings (SSSR count). The van der Waals surface area contributed by atoms with Gasteiger partial charge in [0.1, 0.15) is 6.10 Å². The molecule has 25 heavy (non-hydrogen) atoms. The van der Waals surface area contributed by atoms with Gasteiger partial charge in [0.05, 0.1) is 24.9 Å². The largest absolute Gasteiger partial charge is 0.547 e. The van der Waals surface area contributed by atoms with Gasteiger partial charge in [0.25, 0.3) is 0 Å². The molecule has 1 aromatic carbocycles. The highest BCUT2D eigenvalue weighted by molar-refractivity contribution is 6.70. The first-order chi connectivity index (χ1) is 11.8. The Morgan fingerprint density at radius 2 is 1.92 bits per heavy atom. The number of ether oxygens (including phenoxy) is 2. The lowest BCUT2D eigenvalue weighted by atomic mass is 9.87. The van der Waals surface area contributed by atoms with Crippen LogP contribution in [0.1, 0.15) is 12.0 Å². The summed E-state index contributed by atoms with van der Waals surface area (Å²) in [6.45, 7) is 7.02. The zero-order valence-corrected chi connectivity index (χ0v) is 16.3. The van der Waals surface area contributed by atoms with Gasteiger partial charge in [-0.15, -0.1) is 0 Å². The molecule has 0 radical (unpaired) electrons. The van der Waals surface area contributed by atoms with E-state index in [-0.39, 0.29) is 10.8 Å². The van der Waals surface area contributed by atoms with Crippen molar-refractivity contribution in [2.24, 2.45) is 5.92 Å². The van der Waals surface area contributed by atoms with Crippen LogP contribution < -0.4 is 0 Å². The summed E-state index contributed by atoms with van der Waals surface area (Å²) in [5.74, 6) is 0.512. The Morgan fingerprint density at radius 3 is 2.48 bits per heavy atom. The van der Waals surface area contributed by atoms with E-state index < -0.39 is 20.5 Å². The number of rotatable bonds is 8. The van der Waals surface area contributed by atoms with Crippen LogP contribution in [0.25, 0.3) is 0 Å². The van der Waals surface area contributed by atoms with E-state index in [1.165, 1.54) is 7.11 Å². The van der Waals surface area contributed by atoms with Crippen molar-refractivity contribution in [2.45, 2.75) is 44.8 Å². The van der Waals surface area contributed by atoms with Crippen molar-refractivity contribution in [1.82, 2.24) is 0 Å². The average molecular weight is 366 g/mol. The maximum absolute atomic E-state index is 11.6. The molecule has 7 heteroatoms. The van der Waals surface area contributed by atoms with Gasteiger partial charge in [0.2, 0.25) is 14.4 Å². The molecule has 6 nitrogen and oxygen atoms in total. The smallest absolute Gasteiger partial charge is 0.247 e. The van der Waals surface area contributed by atoms with Crippen LogP contribution >= 0.6 is 0 Å². The van der Waals surface area contributed by atoms with E-state index >= 15 is 0 Å². The average Bonchev–Trinajstić information content (AvgIpc) is 2.53. The van der Waals surface area contributed by atoms with Crippen molar-refractivity contribution in [3.63, 3.8) is 0 Å². The summed E-state index contributed by atoms with van der Waals surface area (Å²) in [6, 6.07) is 8.97. The van der Waals surface area contributed by atoms with E-state index in [2.05, 4.69) is 19.6 Å². The Labute approximate surface area is 150 Å². The van der Waals surface area contributed by atoms with Crippen LogP contribution in [-0.2, 0) is 20.5 Å². The second-order valence-corrected chi connectivity index (χ2v) is 11.7. The molecule has 1 aliphatic carbocycles. The first kappa shape index (κ1) is 19.6. The first-order valence-electron chi connectivity index (χ1n) is 8.48. The maximum Gasteiger partial charge on any atom is 0.247 e. The summed E-state index contributed by atoms with van der Waals surface area (Å²) in [5, 5.41) is 11.6. The highest BCUT2D eigenvalue weighted by Crippen LogP contribution is 2.31. The number of hydrogen-bond acceptors (Lipinski definition) is 5. The molecule has 0 saturated carbocycles. The van der Waals surface area contributed by atoms with Crippen molar-refractivity contribution in [2.75, 3.05) is 13.7 Å². The van der Waals surface area contributed by atoms with Gasteiger partial charge < -0.3 is 13.9 Å². The summed E-state index contributed by atoms with van der Waals surface area (Å²) < 4.78 is 17.2. The van der Waals surface area contributed by atoms with Gasteiger partial charge in [-0.3, -0.25) is 10.1 Å². The molecule has 0 N–H and O–H groups in total. The molecule has 0 amide bonds. The van der Waals surface area contributed by atoms with Gasteiger partial charge in [0, 0.05) is 18.5 Å². The summed E-state index contributed by atoms with van der Waals surface area (Å²) in [7, 11) is -0.287. The van der Waals surface area contributed by atoms with E-state index in [0.29, 0.717) is 19.6 Å². The highest BCUT2D eigenvalue weighted by Gasteiger charge is 2.43. The predicted molar refractivity (Wildman–Crippen MR) is 98.3 cm³/mol. The van der Waals surface area contributed by atoms with Crippen molar-refractivity contribution in [3.05, 3.63) is 57.8 Å². The van der Waals surface area contributed by atoms with Crippen LogP contribution in [0.15, 0.2) is 42.2 Å².